The molecule has 6 rings (SSSR count). The van der Waals surface area contributed by atoms with Gasteiger partial charge in [0.05, 0.1) is 35.7 Å². The molecule has 1 amide bonds. The first-order valence-corrected chi connectivity index (χ1v) is 15.2. The minimum atomic E-state index is -4.60. The van der Waals surface area contributed by atoms with Crippen LogP contribution in [0.5, 0.6) is 5.88 Å². The maximum Gasteiger partial charge on any atom is 0.418 e. The predicted molar refractivity (Wildman–Crippen MR) is 165 cm³/mol. The quantitative estimate of drug-likeness (QED) is 0.214. The molecule has 0 atom stereocenters. The normalized spacial score (nSPS) is 15.9. The number of hydrogen-bond acceptors (Lipinski definition) is 6. The molecule has 0 radical (unpaired) electrons. The van der Waals surface area contributed by atoms with Crippen LogP contribution in [-0.4, -0.2) is 47.2 Å². The van der Waals surface area contributed by atoms with Crippen molar-refractivity contribution in [2.24, 2.45) is 0 Å². The summed E-state index contributed by atoms with van der Waals surface area (Å²) in [7, 11) is 0. The molecule has 2 aliphatic rings. The van der Waals surface area contributed by atoms with Crippen LogP contribution in [-0.2, 0) is 29.5 Å². The lowest BCUT2D eigenvalue weighted by Crippen LogP contribution is -2.53. The van der Waals surface area contributed by atoms with Crippen LogP contribution in [0.2, 0.25) is 5.02 Å². The lowest BCUT2D eigenvalue weighted by atomic mass is 9.69. The van der Waals surface area contributed by atoms with Crippen molar-refractivity contribution >= 4 is 23.4 Å². The Balaban J connectivity index is 1.34. The van der Waals surface area contributed by atoms with Gasteiger partial charge in [-0.05, 0) is 67.3 Å². The Morgan fingerprint density at radius 2 is 1.80 bits per heavy atom. The van der Waals surface area contributed by atoms with Crippen LogP contribution in [0.4, 0.5) is 23.7 Å². The summed E-state index contributed by atoms with van der Waals surface area (Å²) in [6.45, 7) is 3.75. The number of likely N-dealkylation sites (tertiary alicyclic amines) is 1. The topological polar surface area (TPSA) is 67.8 Å². The number of alkyl halides is 3. The third-order valence-corrected chi connectivity index (χ3v) is 8.73. The molecule has 45 heavy (non-hydrogen) atoms. The second-order valence-electron chi connectivity index (χ2n) is 11.3. The molecule has 7 nitrogen and oxygen atoms in total. The molecule has 0 saturated carbocycles. The molecule has 2 aliphatic heterocycles. The maximum atomic E-state index is 14.3. The van der Waals surface area contributed by atoms with Crippen LogP contribution in [0.3, 0.4) is 0 Å². The van der Waals surface area contributed by atoms with E-state index in [1.165, 1.54) is 12.1 Å². The van der Waals surface area contributed by atoms with Gasteiger partial charge in [-0.3, -0.25) is 4.98 Å². The van der Waals surface area contributed by atoms with Crippen LogP contribution in [0.25, 0.3) is 11.3 Å². The molecule has 0 N–H and O–H groups in total. The first-order chi connectivity index (χ1) is 21.7. The average Bonchev–Trinajstić information content (AvgIpc) is 3.04. The number of nitrogens with zero attached hydrogens (tertiary/aromatic N) is 4. The van der Waals surface area contributed by atoms with Crippen molar-refractivity contribution in [2.45, 2.75) is 44.5 Å². The molecular weight excluding hydrogens is 605 g/mol. The van der Waals surface area contributed by atoms with Gasteiger partial charge in [-0.1, -0.05) is 48.0 Å². The second-order valence-corrected chi connectivity index (χ2v) is 11.7. The number of benzene rings is 2. The zero-order chi connectivity index (χ0) is 31.6. The molecular formula is C34H32ClF3N4O3. The summed E-state index contributed by atoms with van der Waals surface area (Å²) in [5.41, 5.74) is 2.57. The number of rotatable bonds is 6. The van der Waals surface area contributed by atoms with Gasteiger partial charge in [0.2, 0.25) is 5.88 Å². The van der Waals surface area contributed by atoms with Crippen LogP contribution >= 0.6 is 11.6 Å². The van der Waals surface area contributed by atoms with Crippen molar-refractivity contribution in [3.05, 3.63) is 106 Å². The molecule has 2 aromatic carbocycles. The van der Waals surface area contributed by atoms with E-state index in [0.717, 1.165) is 17.2 Å². The first-order valence-electron chi connectivity index (χ1n) is 14.8. The number of aromatic nitrogens is 2. The Labute approximate surface area is 264 Å². The molecule has 11 heteroatoms. The van der Waals surface area contributed by atoms with Gasteiger partial charge in [0, 0.05) is 42.0 Å². The van der Waals surface area contributed by atoms with Crippen molar-refractivity contribution in [1.29, 1.82) is 0 Å². The zero-order valence-corrected chi connectivity index (χ0v) is 25.4. The summed E-state index contributed by atoms with van der Waals surface area (Å²) in [5, 5.41) is 0.0148. The van der Waals surface area contributed by atoms with Crippen molar-refractivity contribution in [1.82, 2.24) is 14.9 Å². The third kappa shape index (κ3) is 6.42. The molecule has 4 aromatic rings. The van der Waals surface area contributed by atoms with E-state index in [0.29, 0.717) is 61.9 Å². The minimum absolute atomic E-state index is 0.0148. The highest BCUT2D eigenvalue weighted by molar-refractivity contribution is 6.30. The van der Waals surface area contributed by atoms with Crippen molar-refractivity contribution < 1.29 is 27.4 Å². The fourth-order valence-electron chi connectivity index (χ4n) is 6.32. The average molecular weight is 637 g/mol. The predicted octanol–water partition coefficient (Wildman–Crippen LogP) is 7.91. The van der Waals surface area contributed by atoms with E-state index in [1.54, 1.807) is 22.1 Å². The lowest BCUT2D eigenvalue weighted by Gasteiger charge is -2.49. The summed E-state index contributed by atoms with van der Waals surface area (Å²) in [5.74, 6) is 0.439. The number of amides is 1. The molecule has 0 aliphatic carbocycles. The molecule has 1 fully saturated rings. The summed E-state index contributed by atoms with van der Waals surface area (Å²) >= 11 is 6.03. The number of halogens is 4. The number of hydrogen-bond donors (Lipinski definition) is 0. The van der Waals surface area contributed by atoms with Crippen LogP contribution < -0.4 is 9.64 Å². The summed E-state index contributed by atoms with van der Waals surface area (Å²) in [6, 6.07) is 20.9. The standard InChI is InChI=1S/C34H32ClF3N4O3/c1-2-44-31-25(9-6-16-39-31)28-12-11-26-29(40-28)20-42(30-13-10-24(35)19-27(30)34(36,37)38)22-33(26)14-17-41(18-15-33)32(43)45-21-23-7-4-3-5-8-23/h3-13,16,19H,2,14-15,17-18,20-22H2,1H3. The molecule has 0 unspecified atom stereocenters. The van der Waals surface area contributed by atoms with Crippen molar-refractivity contribution in [3.63, 3.8) is 0 Å². The van der Waals surface area contributed by atoms with E-state index in [9.17, 15) is 18.0 Å². The molecule has 234 valence electrons. The number of pyridine rings is 2. The number of anilines is 1. The van der Waals surface area contributed by atoms with Gasteiger partial charge in [-0.2, -0.15) is 13.2 Å². The molecule has 4 heterocycles. The Morgan fingerprint density at radius 1 is 1.02 bits per heavy atom. The van der Waals surface area contributed by atoms with Gasteiger partial charge in [0.1, 0.15) is 6.61 Å². The summed E-state index contributed by atoms with van der Waals surface area (Å²) in [4.78, 5) is 25.7. The van der Waals surface area contributed by atoms with Crippen LogP contribution in [0, 0.1) is 0 Å². The molecule has 0 bridgehead atoms. The smallest absolute Gasteiger partial charge is 0.418 e. The van der Waals surface area contributed by atoms with E-state index in [4.69, 9.17) is 26.1 Å². The summed E-state index contributed by atoms with van der Waals surface area (Å²) in [6.07, 6.45) is -2.31. The number of carbonyl (C=O) groups excluding carboxylic acids is 1. The van der Waals surface area contributed by atoms with Gasteiger partial charge < -0.3 is 19.3 Å². The Hall–Kier alpha value is -4.31. The second kappa shape index (κ2) is 12.6. The lowest BCUT2D eigenvalue weighted by molar-refractivity contribution is -0.137. The molecule has 2 aromatic heterocycles. The highest BCUT2D eigenvalue weighted by Gasteiger charge is 2.45. The largest absolute Gasteiger partial charge is 0.477 e. The van der Waals surface area contributed by atoms with Crippen LogP contribution in [0.1, 0.15) is 42.1 Å². The highest BCUT2D eigenvalue weighted by atomic mass is 35.5. The van der Waals surface area contributed by atoms with Gasteiger partial charge in [-0.25, -0.2) is 9.78 Å². The fraction of sp³-hybridized carbons (Fsp3) is 0.324. The van der Waals surface area contributed by atoms with E-state index < -0.39 is 23.2 Å². The van der Waals surface area contributed by atoms with Gasteiger partial charge in [-0.15, -0.1) is 0 Å². The van der Waals surface area contributed by atoms with E-state index in [-0.39, 0.29) is 23.9 Å². The van der Waals surface area contributed by atoms with Crippen LogP contribution in [0.15, 0.2) is 79.0 Å². The SMILES string of the molecule is CCOc1ncccc1-c1ccc2c(n1)CN(c1ccc(Cl)cc1C(F)(F)F)CC21CCN(C(=O)OCc2ccccc2)CC1. The molecule has 1 spiro atoms. The summed E-state index contributed by atoms with van der Waals surface area (Å²) < 4.78 is 54.1. The maximum absolute atomic E-state index is 14.3. The van der Waals surface area contributed by atoms with Gasteiger partial charge in [0.15, 0.2) is 0 Å². The monoisotopic (exact) mass is 636 g/mol. The first kappa shape index (κ1) is 30.7. The number of ether oxygens (including phenoxy) is 2. The highest BCUT2D eigenvalue weighted by Crippen LogP contribution is 2.46. The van der Waals surface area contributed by atoms with E-state index in [1.807, 2.05) is 55.5 Å². The van der Waals surface area contributed by atoms with Crippen molar-refractivity contribution in [2.75, 3.05) is 31.1 Å². The number of fused-ring (bicyclic) bond motifs is 2. The van der Waals surface area contributed by atoms with E-state index in [2.05, 4.69) is 4.98 Å². The van der Waals surface area contributed by atoms with Gasteiger partial charge in [0.25, 0.3) is 0 Å². The zero-order valence-electron chi connectivity index (χ0n) is 24.7. The third-order valence-electron chi connectivity index (χ3n) is 8.50. The number of piperidine rings is 1. The Kier molecular flexibility index (Phi) is 8.59. The Morgan fingerprint density at radius 3 is 2.53 bits per heavy atom. The van der Waals surface area contributed by atoms with Gasteiger partial charge >= 0.3 is 12.3 Å². The van der Waals surface area contributed by atoms with Crippen molar-refractivity contribution in [3.8, 4) is 17.1 Å². The minimum Gasteiger partial charge on any atom is -0.477 e. The van der Waals surface area contributed by atoms with E-state index >= 15 is 0 Å². The Bertz CT molecular complexity index is 1680. The molecule has 1 saturated heterocycles. The number of carbonyl (C=O) groups is 1. The fourth-order valence-corrected chi connectivity index (χ4v) is 6.49.